The molecule has 4 heteroatoms. The van der Waals surface area contributed by atoms with Crippen LogP contribution in [0, 0.1) is 0 Å². The molecular weight excluding hydrogens is 368 g/mol. The average molecular weight is 405 g/mol. The minimum atomic E-state index is 0.663. The Labute approximate surface area is 181 Å². The van der Waals surface area contributed by atoms with Gasteiger partial charge < -0.3 is 0 Å². The lowest BCUT2D eigenvalue weighted by atomic mass is 9.93. The van der Waals surface area contributed by atoms with Crippen molar-refractivity contribution in [3.05, 3.63) is 59.2 Å². The second-order valence-electron chi connectivity index (χ2n) is 9.63. The van der Waals surface area contributed by atoms with Crippen LogP contribution in [0.3, 0.4) is 0 Å². The highest BCUT2D eigenvalue weighted by Gasteiger charge is 2.25. The molecule has 0 atom stereocenters. The highest BCUT2D eigenvalue weighted by molar-refractivity contribution is 5.15. The van der Waals surface area contributed by atoms with Gasteiger partial charge in [-0.1, -0.05) is 50.7 Å². The maximum absolute atomic E-state index is 5.13. The molecule has 2 fully saturated rings. The van der Waals surface area contributed by atoms with E-state index in [9.17, 15) is 0 Å². The zero-order valence-corrected chi connectivity index (χ0v) is 18.3. The van der Waals surface area contributed by atoms with Gasteiger partial charge in [0.15, 0.2) is 0 Å². The third-order valence-corrected chi connectivity index (χ3v) is 7.37. The van der Waals surface area contributed by atoms with Gasteiger partial charge in [-0.2, -0.15) is 0 Å². The summed E-state index contributed by atoms with van der Waals surface area (Å²) in [6, 6.07) is 14.7. The van der Waals surface area contributed by atoms with E-state index in [4.69, 9.17) is 9.97 Å². The van der Waals surface area contributed by atoms with Crippen molar-refractivity contribution in [2.75, 3.05) is 0 Å². The molecule has 2 aromatic heterocycles. The van der Waals surface area contributed by atoms with Crippen molar-refractivity contribution in [3.63, 3.8) is 0 Å². The number of pyridine rings is 2. The number of hydrogen-bond acceptors (Lipinski definition) is 4. The molecule has 1 aliphatic heterocycles. The van der Waals surface area contributed by atoms with Crippen molar-refractivity contribution >= 4 is 0 Å². The molecule has 0 N–H and O–H groups in total. The summed E-state index contributed by atoms with van der Waals surface area (Å²) in [7, 11) is 0. The molecule has 0 aromatic carbocycles. The molecule has 0 spiro atoms. The minimum Gasteiger partial charge on any atom is -0.289 e. The SMILES string of the molecule is c1cc2nc(c1)CN(C1CCCCC1)Cc1cccc(n1)CN(C1CCCCC1)C2. The maximum Gasteiger partial charge on any atom is 0.0548 e. The first-order chi connectivity index (χ1) is 14.8. The van der Waals surface area contributed by atoms with Gasteiger partial charge in [0, 0.05) is 38.3 Å². The van der Waals surface area contributed by atoms with E-state index in [0.29, 0.717) is 12.1 Å². The maximum atomic E-state index is 5.13. The first-order valence-electron chi connectivity index (χ1n) is 12.2. The molecule has 2 aliphatic carbocycles. The molecule has 0 saturated heterocycles. The summed E-state index contributed by atoms with van der Waals surface area (Å²) >= 11 is 0. The van der Waals surface area contributed by atoms with Crippen molar-refractivity contribution in [2.45, 2.75) is 102 Å². The van der Waals surface area contributed by atoms with Gasteiger partial charge in [-0.3, -0.25) is 19.8 Å². The highest BCUT2D eigenvalue weighted by Crippen LogP contribution is 2.28. The van der Waals surface area contributed by atoms with Crippen LogP contribution in [0.15, 0.2) is 36.4 Å². The smallest absolute Gasteiger partial charge is 0.0548 e. The van der Waals surface area contributed by atoms with Crippen LogP contribution in [-0.2, 0) is 26.2 Å². The van der Waals surface area contributed by atoms with Gasteiger partial charge in [0.05, 0.1) is 22.8 Å². The van der Waals surface area contributed by atoms with E-state index in [-0.39, 0.29) is 0 Å². The van der Waals surface area contributed by atoms with Gasteiger partial charge in [0.1, 0.15) is 0 Å². The largest absolute Gasteiger partial charge is 0.289 e. The standard InChI is InChI=1S/C26H36N4/c1-3-13-25(14-4-1)29-17-21-9-7-11-23(27-21)19-30(26-15-5-2-6-16-26)20-24-12-8-10-22(18-29)28-24/h7-12,25-26H,1-6,13-20H2. The summed E-state index contributed by atoms with van der Waals surface area (Å²) in [5.41, 5.74) is 4.88. The lowest BCUT2D eigenvalue weighted by Gasteiger charge is -2.36. The van der Waals surface area contributed by atoms with E-state index in [0.717, 1.165) is 26.2 Å². The van der Waals surface area contributed by atoms with E-state index in [1.54, 1.807) is 0 Å². The first kappa shape index (κ1) is 20.1. The van der Waals surface area contributed by atoms with Crippen LogP contribution < -0.4 is 0 Å². The number of hydrogen-bond donors (Lipinski definition) is 0. The Balaban J connectivity index is 1.46. The zero-order valence-electron chi connectivity index (χ0n) is 18.3. The van der Waals surface area contributed by atoms with E-state index in [1.807, 2.05) is 0 Å². The number of aromatic nitrogens is 2. The Morgan fingerprint density at radius 1 is 0.500 bits per heavy atom. The monoisotopic (exact) mass is 404 g/mol. The van der Waals surface area contributed by atoms with E-state index in [1.165, 1.54) is 87.0 Å². The van der Waals surface area contributed by atoms with Gasteiger partial charge in [0.2, 0.25) is 0 Å². The Hall–Kier alpha value is -1.78. The summed E-state index contributed by atoms with van der Waals surface area (Å²) in [5, 5.41) is 0. The Kier molecular flexibility index (Phi) is 6.43. The lowest BCUT2D eigenvalue weighted by Crippen LogP contribution is -2.38. The number of nitrogens with zero attached hydrogens (tertiary/aromatic N) is 4. The van der Waals surface area contributed by atoms with Gasteiger partial charge in [-0.05, 0) is 49.9 Å². The van der Waals surface area contributed by atoms with Crippen molar-refractivity contribution in [3.8, 4) is 0 Å². The Morgan fingerprint density at radius 3 is 1.17 bits per heavy atom. The molecule has 4 bridgehead atoms. The van der Waals surface area contributed by atoms with Gasteiger partial charge in [-0.15, -0.1) is 0 Å². The summed E-state index contributed by atoms with van der Waals surface area (Å²) in [6.45, 7) is 3.75. The minimum absolute atomic E-state index is 0.663. The third-order valence-electron chi connectivity index (χ3n) is 7.37. The second kappa shape index (κ2) is 9.57. The first-order valence-corrected chi connectivity index (χ1v) is 12.2. The van der Waals surface area contributed by atoms with Gasteiger partial charge in [-0.25, -0.2) is 0 Å². The topological polar surface area (TPSA) is 32.3 Å². The molecule has 3 aliphatic rings. The molecular formula is C26H36N4. The predicted octanol–water partition coefficient (Wildman–Crippen LogP) is 5.46. The van der Waals surface area contributed by atoms with Crippen LogP contribution >= 0.6 is 0 Å². The van der Waals surface area contributed by atoms with Gasteiger partial charge >= 0.3 is 0 Å². The van der Waals surface area contributed by atoms with E-state index < -0.39 is 0 Å². The Bertz CT molecular complexity index is 711. The molecule has 2 aromatic rings. The van der Waals surface area contributed by atoms with Crippen molar-refractivity contribution in [1.29, 1.82) is 0 Å². The fourth-order valence-electron chi connectivity index (χ4n) is 5.76. The zero-order chi connectivity index (χ0) is 20.2. The number of rotatable bonds is 2. The molecule has 5 rings (SSSR count). The molecule has 0 unspecified atom stereocenters. The molecule has 0 amide bonds. The predicted molar refractivity (Wildman–Crippen MR) is 121 cm³/mol. The van der Waals surface area contributed by atoms with Crippen LogP contribution in [-0.4, -0.2) is 31.9 Å². The van der Waals surface area contributed by atoms with Crippen molar-refractivity contribution in [2.24, 2.45) is 0 Å². The molecule has 4 nitrogen and oxygen atoms in total. The molecule has 160 valence electrons. The van der Waals surface area contributed by atoms with E-state index in [2.05, 4.69) is 46.2 Å². The quantitative estimate of drug-likeness (QED) is 0.665. The number of fused-ring (bicyclic) bond motifs is 4. The van der Waals surface area contributed by atoms with Gasteiger partial charge in [0.25, 0.3) is 0 Å². The summed E-state index contributed by atoms with van der Waals surface area (Å²) in [6.07, 6.45) is 13.5. The summed E-state index contributed by atoms with van der Waals surface area (Å²) in [5.74, 6) is 0. The lowest BCUT2D eigenvalue weighted by molar-refractivity contribution is 0.128. The Morgan fingerprint density at radius 2 is 0.833 bits per heavy atom. The highest BCUT2D eigenvalue weighted by atomic mass is 15.2. The van der Waals surface area contributed by atoms with Crippen molar-refractivity contribution < 1.29 is 0 Å². The summed E-state index contributed by atoms with van der Waals surface area (Å²) < 4.78 is 0. The third kappa shape index (κ3) is 4.92. The fraction of sp³-hybridized carbons (Fsp3) is 0.615. The average Bonchev–Trinajstić information content (AvgIpc) is 2.79. The molecule has 3 heterocycles. The second-order valence-corrected chi connectivity index (χ2v) is 9.63. The van der Waals surface area contributed by atoms with Crippen LogP contribution in [0.4, 0.5) is 0 Å². The molecule has 30 heavy (non-hydrogen) atoms. The fourth-order valence-corrected chi connectivity index (χ4v) is 5.76. The molecule has 2 saturated carbocycles. The van der Waals surface area contributed by atoms with Crippen molar-refractivity contribution in [1.82, 2.24) is 19.8 Å². The normalized spacial score (nSPS) is 22.9. The van der Waals surface area contributed by atoms with Crippen LogP contribution in [0.2, 0.25) is 0 Å². The summed E-state index contributed by atoms with van der Waals surface area (Å²) in [4.78, 5) is 15.6. The van der Waals surface area contributed by atoms with Crippen LogP contribution in [0.25, 0.3) is 0 Å². The van der Waals surface area contributed by atoms with E-state index >= 15 is 0 Å². The molecule has 0 radical (unpaired) electrons. The van der Waals surface area contributed by atoms with Crippen LogP contribution in [0.1, 0.15) is 87.0 Å². The van der Waals surface area contributed by atoms with Crippen LogP contribution in [0.5, 0.6) is 0 Å².